The van der Waals surface area contributed by atoms with Crippen LogP contribution in [0.3, 0.4) is 0 Å². The first-order valence-corrected chi connectivity index (χ1v) is 6.12. The van der Waals surface area contributed by atoms with Crippen molar-refractivity contribution in [1.29, 1.82) is 0 Å². The predicted octanol–water partition coefficient (Wildman–Crippen LogP) is 1.80. The molecule has 0 radical (unpaired) electrons. The number of nitrogens with two attached hydrogens (primary N) is 1. The Balaban J connectivity index is 2.59. The number of nitrogens with zero attached hydrogens (tertiary/aromatic N) is 2. The summed E-state index contributed by atoms with van der Waals surface area (Å²) >= 11 is 0. The van der Waals surface area contributed by atoms with Gasteiger partial charge in [0.15, 0.2) is 0 Å². The van der Waals surface area contributed by atoms with E-state index in [0.717, 1.165) is 12.8 Å². The third kappa shape index (κ3) is 4.19. The van der Waals surface area contributed by atoms with Crippen LogP contribution in [0.25, 0.3) is 0 Å². The van der Waals surface area contributed by atoms with Gasteiger partial charge in [0.1, 0.15) is 0 Å². The standard InChI is InChI=1S/C12H22N4O/c1-4-12(13,5-2)9-15-11-14-8-7-10(16-11)17-6-3/h7-8H,4-6,9,13H2,1-3H3,(H,14,15,16). The molecule has 3 N–H and O–H groups in total. The van der Waals surface area contributed by atoms with E-state index in [0.29, 0.717) is 25.0 Å². The van der Waals surface area contributed by atoms with Crippen molar-refractivity contribution in [2.45, 2.75) is 39.2 Å². The summed E-state index contributed by atoms with van der Waals surface area (Å²) in [6, 6.07) is 1.74. The van der Waals surface area contributed by atoms with Crippen molar-refractivity contribution in [2.24, 2.45) is 5.73 Å². The molecule has 0 atom stereocenters. The van der Waals surface area contributed by atoms with E-state index in [1.54, 1.807) is 12.3 Å². The number of nitrogens with one attached hydrogen (secondary N) is 1. The van der Waals surface area contributed by atoms with Gasteiger partial charge in [-0.1, -0.05) is 13.8 Å². The lowest BCUT2D eigenvalue weighted by Crippen LogP contribution is -2.45. The fourth-order valence-corrected chi connectivity index (χ4v) is 1.41. The Hall–Kier alpha value is -1.36. The topological polar surface area (TPSA) is 73.1 Å². The SMILES string of the molecule is CCOc1ccnc(NCC(N)(CC)CC)n1. The molecular formula is C12H22N4O. The van der Waals surface area contributed by atoms with Crippen LogP contribution in [0.1, 0.15) is 33.6 Å². The molecule has 0 bridgehead atoms. The van der Waals surface area contributed by atoms with Gasteiger partial charge in [-0.3, -0.25) is 0 Å². The van der Waals surface area contributed by atoms with Crippen LogP contribution in [0.2, 0.25) is 0 Å². The lowest BCUT2D eigenvalue weighted by atomic mass is 9.94. The maximum Gasteiger partial charge on any atom is 0.226 e. The molecule has 1 aromatic heterocycles. The van der Waals surface area contributed by atoms with Crippen molar-refractivity contribution in [3.05, 3.63) is 12.3 Å². The van der Waals surface area contributed by atoms with E-state index in [2.05, 4.69) is 29.1 Å². The summed E-state index contributed by atoms with van der Waals surface area (Å²) in [4.78, 5) is 8.37. The van der Waals surface area contributed by atoms with Crippen molar-refractivity contribution in [3.63, 3.8) is 0 Å². The Morgan fingerprint density at radius 3 is 2.65 bits per heavy atom. The molecule has 96 valence electrons. The molecule has 0 aliphatic carbocycles. The second-order valence-electron chi connectivity index (χ2n) is 4.07. The molecule has 0 aliphatic heterocycles. The van der Waals surface area contributed by atoms with Crippen molar-refractivity contribution in [1.82, 2.24) is 9.97 Å². The first-order valence-electron chi connectivity index (χ1n) is 6.12. The monoisotopic (exact) mass is 238 g/mol. The minimum absolute atomic E-state index is 0.203. The number of ether oxygens (including phenoxy) is 1. The zero-order valence-electron chi connectivity index (χ0n) is 10.9. The van der Waals surface area contributed by atoms with E-state index >= 15 is 0 Å². The van der Waals surface area contributed by atoms with Gasteiger partial charge >= 0.3 is 0 Å². The molecule has 0 aliphatic rings. The average Bonchev–Trinajstić information content (AvgIpc) is 2.37. The van der Waals surface area contributed by atoms with Gasteiger partial charge in [0.25, 0.3) is 0 Å². The second-order valence-corrected chi connectivity index (χ2v) is 4.07. The van der Waals surface area contributed by atoms with Crippen LogP contribution in [0.5, 0.6) is 5.88 Å². The highest BCUT2D eigenvalue weighted by atomic mass is 16.5. The minimum atomic E-state index is -0.203. The van der Waals surface area contributed by atoms with Gasteiger partial charge in [-0.25, -0.2) is 4.98 Å². The van der Waals surface area contributed by atoms with Crippen molar-refractivity contribution in [2.75, 3.05) is 18.5 Å². The van der Waals surface area contributed by atoms with Gasteiger partial charge in [-0.05, 0) is 19.8 Å². The zero-order valence-corrected chi connectivity index (χ0v) is 10.9. The van der Waals surface area contributed by atoms with Crippen molar-refractivity contribution in [3.8, 4) is 5.88 Å². The van der Waals surface area contributed by atoms with Gasteiger partial charge in [0.2, 0.25) is 11.8 Å². The van der Waals surface area contributed by atoms with E-state index in [1.165, 1.54) is 0 Å². The molecule has 0 amide bonds. The molecule has 1 aromatic rings. The second kappa shape index (κ2) is 6.39. The Morgan fingerprint density at radius 1 is 1.35 bits per heavy atom. The molecule has 0 saturated heterocycles. The smallest absolute Gasteiger partial charge is 0.226 e. The Bertz CT molecular complexity index is 339. The molecule has 1 heterocycles. The summed E-state index contributed by atoms with van der Waals surface area (Å²) in [5, 5.41) is 3.16. The Labute approximate surface area is 103 Å². The number of hydrogen-bond donors (Lipinski definition) is 2. The summed E-state index contributed by atoms with van der Waals surface area (Å²) in [6.45, 7) is 7.36. The Kier molecular flexibility index (Phi) is 5.15. The zero-order chi connectivity index (χ0) is 12.7. The van der Waals surface area contributed by atoms with Crippen LogP contribution >= 0.6 is 0 Å². The third-order valence-electron chi connectivity index (χ3n) is 2.93. The van der Waals surface area contributed by atoms with Crippen LogP contribution in [0.15, 0.2) is 12.3 Å². The number of rotatable bonds is 7. The molecule has 17 heavy (non-hydrogen) atoms. The molecule has 5 heteroatoms. The van der Waals surface area contributed by atoms with Crippen LogP contribution in [-0.2, 0) is 0 Å². The largest absolute Gasteiger partial charge is 0.478 e. The summed E-state index contributed by atoms with van der Waals surface area (Å²) in [5.41, 5.74) is 5.99. The van der Waals surface area contributed by atoms with Gasteiger partial charge in [-0.15, -0.1) is 0 Å². The van der Waals surface area contributed by atoms with Gasteiger partial charge < -0.3 is 15.8 Å². The molecule has 1 rings (SSSR count). The third-order valence-corrected chi connectivity index (χ3v) is 2.93. The molecule has 0 unspecified atom stereocenters. The van der Waals surface area contributed by atoms with E-state index < -0.39 is 0 Å². The van der Waals surface area contributed by atoms with Crippen LogP contribution in [-0.4, -0.2) is 28.7 Å². The highest BCUT2D eigenvalue weighted by Gasteiger charge is 2.20. The Morgan fingerprint density at radius 2 is 2.06 bits per heavy atom. The van der Waals surface area contributed by atoms with Gasteiger partial charge in [0, 0.05) is 24.3 Å². The average molecular weight is 238 g/mol. The molecule has 5 nitrogen and oxygen atoms in total. The normalized spacial score (nSPS) is 11.3. The van der Waals surface area contributed by atoms with E-state index in [9.17, 15) is 0 Å². The first kappa shape index (κ1) is 13.7. The fraction of sp³-hybridized carbons (Fsp3) is 0.667. The summed E-state index contributed by atoms with van der Waals surface area (Å²) in [7, 11) is 0. The lowest BCUT2D eigenvalue weighted by molar-refractivity contribution is 0.326. The minimum Gasteiger partial charge on any atom is -0.478 e. The van der Waals surface area contributed by atoms with Crippen molar-refractivity contribution >= 4 is 5.95 Å². The van der Waals surface area contributed by atoms with E-state index in [1.807, 2.05) is 6.92 Å². The summed E-state index contributed by atoms with van der Waals surface area (Å²) in [6.07, 6.45) is 3.51. The number of hydrogen-bond acceptors (Lipinski definition) is 5. The lowest BCUT2D eigenvalue weighted by Gasteiger charge is -2.26. The molecule has 0 saturated carbocycles. The number of anilines is 1. The highest BCUT2D eigenvalue weighted by molar-refractivity contribution is 5.28. The van der Waals surface area contributed by atoms with Gasteiger partial charge in [-0.2, -0.15) is 4.98 Å². The molecular weight excluding hydrogens is 216 g/mol. The maximum absolute atomic E-state index is 6.19. The number of aromatic nitrogens is 2. The molecule has 0 spiro atoms. The van der Waals surface area contributed by atoms with E-state index in [4.69, 9.17) is 10.5 Å². The van der Waals surface area contributed by atoms with Crippen LogP contribution < -0.4 is 15.8 Å². The molecule has 0 fully saturated rings. The van der Waals surface area contributed by atoms with Crippen LogP contribution in [0, 0.1) is 0 Å². The van der Waals surface area contributed by atoms with Crippen LogP contribution in [0.4, 0.5) is 5.95 Å². The van der Waals surface area contributed by atoms with Crippen molar-refractivity contribution < 1.29 is 4.74 Å². The van der Waals surface area contributed by atoms with Gasteiger partial charge in [0.05, 0.1) is 6.61 Å². The maximum atomic E-state index is 6.19. The summed E-state index contributed by atoms with van der Waals surface area (Å²) < 4.78 is 5.31. The molecule has 0 aromatic carbocycles. The summed E-state index contributed by atoms with van der Waals surface area (Å²) in [5.74, 6) is 1.15. The highest BCUT2D eigenvalue weighted by Crippen LogP contribution is 2.13. The predicted molar refractivity (Wildman–Crippen MR) is 69.2 cm³/mol. The van der Waals surface area contributed by atoms with E-state index in [-0.39, 0.29) is 5.54 Å². The first-order chi connectivity index (χ1) is 8.13. The quantitative estimate of drug-likeness (QED) is 0.758. The fourth-order valence-electron chi connectivity index (χ4n) is 1.41.